The summed E-state index contributed by atoms with van der Waals surface area (Å²) in [6, 6.07) is 0. The van der Waals surface area contributed by atoms with E-state index in [1.54, 1.807) is 0 Å². The highest BCUT2D eigenvalue weighted by molar-refractivity contribution is 5.03. The molecule has 0 rings (SSSR count). The molecular formula is C11H16. The lowest BCUT2D eigenvalue weighted by molar-refractivity contribution is 0.613. The van der Waals surface area contributed by atoms with Gasteiger partial charge in [-0.3, -0.25) is 0 Å². The molecular weight excluding hydrogens is 132 g/mol. The summed E-state index contributed by atoms with van der Waals surface area (Å²) in [5.74, 6) is 0.857. The minimum atomic E-state index is 0.411. The number of rotatable bonds is 4. The third-order valence-corrected chi connectivity index (χ3v) is 1.67. The van der Waals surface area contributed by atoms with E-state index in [0.29, 0.717) is 11.8 Å². The first-order valence-electron chi connectivity index (χ1n) is 3.87. The first kappa shape index (κ1) is 10.0. The summed E-state index contributed by atoms with van der Waals surface area (Å²) >= 11 is 0. The summed E-state index contributed by atoms with van der Waals surface area (Å²) in [5, 5.41) is 0. The predicted molar refractivity (Wildman–Crippen MR) is 51.4 cm³/mol. The van der Waals surface area contributed by atoms with Crippen LogP contribution in [0.1, 0.15) is 13.8 Å². The molecule has 0 aliphatic heterocycles. The molecule has 0 heterocycles. The lowest BCUT2D eigenvalue weighted by Crippen LogP contribution is -2.02. The predicted octanol–water partition coefficient (Wildman–Crippen LogP) is 3.34. The van der Waals surface area contributed by atoms with Gasteiger partial charge in [-0.15, -0.1) is 12.3 Å². The Hall–Kier alpha value is -1.00. The fourth-order valence-electron chi connectivity index (χ4n) is 0.988. The Labute approximate surface area is 69.6 Å². The van der Waals surface area contributed by atoms with E-state index in [1.165, 1.54) is 0 Å². The van der Waals surface area contributed by atoms with Crippen molar-refractivity contribution in [3.8, 4) is 0 Å². The van der Waals surface area contributed by atoms with E-state index in [-0.39, 0.29) is 0 Å². The molecule has 0 bridgehead atoms. The van der Waals surface area contributed by atoms with Crippen LogP contribution in [0, 0.1) is 11.8 Å². The molecule has 0 heteroatoms. The highest BCUT2D eigenvalue weighted by Gasteiger charge is 2.05. The van der Waals surface area contributed by atoms with Crippen molar-refractivity contribution in [2.45, 2.75) is 13.8 Å². The molecule has 0 radical (unpaired) electrons. The zero-order valence-electron chi connectivity index (χ0n) is 7.38. The van der Waals surface area contributed by atoms with E-state index in [4.69, 9.17) is 0 Å². The second-order valence-corrected chi connectivity index (χ2v) is 2.57. The van der Waals surface area contributed by atoms with Crippen molar-refractivity contribution in [2.24, 2.45) is 11.8 Å². The minimum absolute atomic E-state index is 0.411. The van der Waals surface area contributed by atoms with Gasteiger partial charge >= 0.3 is 0 Å². The third-order valence-electron chi connectivity index (χ3n) is 1.67. The molecule has 2 unspecified atom stereocenters. The summed E-state index contributed by atoms with van der Waals surface area (Å²) < 4.78 is 0. The zero-order chi connectivity index (χ0) is 8.69. The molecule has 2 atom stereocenters. The second kappa shape index (κ2) is 5.76. The maximum absolute atomic E-state index is 3.76. The van der Waals surface area contributed by atoms with Gasteiger partial charge < -0.3 is 0 Å². The van der Waals surface area contributed by atoms with Crippen LogP contribution in [-0.4, -0.2) is 0 Å². The van der Waals surface area contributed by atoms with Crippen LogP contribution in [0.25, 0.3) is 0 Å². The molecule has 0 aliphatic rings. The molecule has 0 aliphatic carbocycles. The summed E-state index contributed by atoms with van der Waals surface area (Å²) in [7, 11) is 0. The Kier molecular flexibility index (Phi) is 5.24. The monoisotopic (exact) mass is 148 g/mol. The van der Waals surface area contributed by atoms with Crippen molar-refractivity contribution in [3.63, 3.8) is 0 Å². The van der Waals surface area contributed by atoms with E-state index >= 15 is 0 Å². The second-order valence-electron chi connectivity index (χ2n) is 2.57. The maximum Gasteiger partial charge on any atom is 0.00100 e. The van der Waals surface area contributed by atoms with E-state index in [0.717, 1.165) is 0 Å². The quantitative estimate of drug-likeness (QED) is 0.423. The molecule has 0 amide bonds. The highest BCUT2D eigenvalue weighted by Crippen LogP contribution is 2.14. The Morgan fingerprint density at radius 3 is 2.45 bits per heavy atom. The maximum atomic E-state index is 3.76. The minimum Gasteiger partial charge on any atom is -0.133 e. The van der Waals surface area contributed by atoms with Crippen LogP contribution in [0.3, 0.4) is 0 Å². The van der Waals surface area contributed by atoms with Crippen LogP contribution < -0.4 is 0 Å². The van der Waals surface area contributed by atoms with Crippen molar-refractivity contribution in [2.75, 3.05) is 0 Å². The largest absolute Gasteiger partial charge is 0.133 e. The highest BCUT2D eigenvalue weighted by atomic mass is 14.1. The van der Waals surface area contributed by atoms with Gasteiger partial charge in [-0.2, -0.15) is 0 Å². The average molecular weight is 148 g/mol. The molecule has 0 N–H and O–H groups in total. The molecule has 0 spiro atoms. The van der Waals surface area contributed by atoms with Gasteiger partial charge in [0, 0.05) is 5.92 Å². The standard InChI is InChI=1S/C11H16/c1-5-8-10(4)11(7-3)9-6-2/h6-11H,1,3H2,2,4H3. The molecule has 0 nitrogen and oxygen atoms in total. The lowest BCUT2D eigenvalue weighted by Gasteiger charge is -2.11. The molecule has 60 valence electrons. The zero-order valence-corrected chi connectivity index (χ0v) is 7.38. The van der Waals surface area contributed by atoms with Gasteiger partial charge in [-0.05, 0) is 18.9 Å². The molecule has 0 saturated heterocycles. The fourth-order valence-corrected chi connectivity index (χ4v) is 0.988. The lowest BCUT2D eigenvalue weighted by atomic mass is 9.94. The Morgan fingerprint density at radius 2 is 2.09 bits per heavy atom. The number of hydrogen-bond donors (Lipinski definition) is 0. The first-order chi connectivity index (χ1) is 5.26. The van der Waals surface area contributed by atoms with Gasteiger partial charge in [0.15, 0.2) is 0 Å². The van der Waals surface area contributed by atoms with Gasteiger partial charge in [0.25, 0.3) is 0 Å². The van der Waals surface area contributed by atoms with Crippen molar-refractivity contribution < 1.29 is 0 Å². The van der Waals surface area contributed by atoms with Crippen LogP contribution in [0.15, 0.2) is 43.2 Å². The summed E-state index contributed by atoms with van der Waals surface area (Å²) in [4.78, 5) is 0. The molecule has 0 saturated carbocycles. The van der Waals surface area contributed by atoms with Crippen LogP contribution in [0.2, 0.25) is 0 Å². The van der Waals surface area contributed by atoms with E-state index in [9.17, 15) is 0 Å². The molecule has 0 aromatic carbocycles. The summed E-state index contributed by atoms with van der Waals surface area (Å²) in [6.45, 7) is 11.4. The van der Waals surface area contributed by atoms with Crippen molar-refractivity contribution in [3.05, 3.63) is 43.2 Å². The Balaban J connectivity index is 4.23. The van der Waals surface area contributed by atoms with Crippen LogP contribution in [-0.2, 0) is 0 Å². The SMILES string of the molecule is C=C=CC(C)C(C=C)C=CC. The van der Waals surface area contributed by atoms with Crippen molar-refractivity contribution in [1.82, 2.24) is 0 Å². The van der Waals surface area contributed by atoms with Crippen LogP contribution >= 0.6 is 0 Å². The summed E-state index contributed by atoms with van der Waals surface area (Å²) in [6.07, 6.45) is 8.08. The smallest absolute Gasteiger partial charge is 0.00100 e. The van der Waals surface area contributed by atoms with Crippen molar-refractivity contribution in [1.29, 1.82) is 0 Å². The van der Waals surface area contributed by atoms with E-state index in [1.807, 2.05) is 25.2 Å². The number of hydrogen-bond acceptors (Lipinski definition) is 0. The van der Waals surface area contributed by atoms with Gasteiger partial charge in [0.05, 0.1) is 0 Å². The van der Waals surface area contributed by atoms with Crippen LogP contribution in [0.5, 0.6) is 0 Å². The van der Waals surface area contributed by atoms with Gasteiger partial charge in [-0.25, -0.2) is 0 Å². The molecule has 11 heavy (non-hydrogen) atoms. The molecule has 0 aromatic heterocycles. The average Bonchev–Trinajstić information content (AvgIpc) is 2.00. The first-order valence-corrected chi connectivity index (χ1v) is 3.87. The third kappa shape index (κ3) is 3.64. The Bertz CT molecular complexity index is 180. The van der Waals surface area contributed by atoms with Gasteiger partial charge in [0.1, 0.15) is 0 Å². The Morgan fingerprint density at radius 1 is 1.45 bits per heavy atom. The van der Waals surface area contributed by atoms with Crippen LogP contribution in [0.4, 0.5) is 0 Å². The molecule has 0 fully saturated rings. The van der Waals surface area contributed by atoms with E-state index < -0.39 is 0 Å². The number of allylic oxidation sites excluding steroid dienone is 4. The van der Waals surface area contributed by atoms with Gasteiger partial charge in [-0.1, -0.05) is 31.7 Å². The molecule has 0 aromatic rings. The fraction of sp³-hybridized carbons (Fsp3) is 0.364. The summed E-state index contributed by atoms with van der Waals surface area (Å²) in [5.41, 5.74) is 2.78. The van der Waals surface area contributed by atoms with Crippen molar-refractivity contribution >= 4 is 0 Å². The normalized spacial score (nSPS) is 15.5. The van der Waals surface area contributed by atoms with Gasteiger partial charge in [0.2, 0.25) is 0 Å². The van der Waals surface area contributed by atoms with E-state index in [2.05, 4.69) is 31.9 Å². The topological polar surface area (TPSA) is 0 Å².